The third kappa shape index (κ3) is 3.20. The molecule has 1 heterocycles. The van der Waals surface area contributed by atoms with E-state index in [2.05, 4.69) is 5.32 Å². The van der Waals surface area contributed by atoms with Crippen molar-refractivity contribution in [3.8, 4) is 0 Å². The Hall–Kier alpha value is -2.18. The minimum Gasteiger partial charge on any atom is -0.348 e. The van der Waals surface area contributed by atoms with Crippen molar-refractivity contribution in [3.05, 3.63) is 66.2 Å². The maximum atomic E-state index is 12.6. The van der Waals surface area contributed by atoms with Gasteiger partial charge < -0.3 is 5.32 Å². The Labute approximate surface area is 142 Å². The fourth-order valence-corrected chi connectivity index (χ4v) is 4.43. The topological polar surface area (TPSA) is 66.5 Å². The Morgan fingerprint density at radius 3 is 2.21 bits per heavy atom. The van der Waals surface area contributed by atoms with Crippen molar-refractivity contribution < 1.29 is 13.2 Å². The van der Waals surface area contributed by atoms with E-state index in [-0.39, 0.29) is 16.8 Å². The van der Waals surface area contributed by atoms with Gasteiger partial charge >= 0.3 is 0 Å². The van der Waals surface area contributed by atoms with Gasteiger partial charge in [-0.25, -0.2) is 8.42 Å². The minimum absolute atomic E-state index is 0.166. The van der Waals surface area contributed by atoms with E-state index in [0.29, 0.717) is 13.0 Å². The number of carbonyl (C=O) groups is 1. The molecule has 0 aromatic heterocycles. The minimum atomic E-state index is -3.62. The SMILES string of the molecule is C[C@@H](NC(=O)[C@@H]1CCN1S(=O)(=O)c1ccccc1)c1ccccc1. The van der Waals surface area contributed by atoms with E-state index in [0.717, 1.165) is 5.56 Å². The van der Waals surface area contributed by atoms with Gasteiger partial charge in [-0.3, -0.25) is 4.79 Å². The molecule has 3 rings (SSSR count). The Bertz CT molecular complexity index is 807. The third-order valence-electron chi connectivity index (χ3n) is 4.28. The van der Waals surface area contributed by atoms with E-state index in [1.807, 2.05) is 37.3 Å². The highest BCUT2D eigenvalue weighted by Crippen LogP contribution is 2.27. The van der Waals surface area contributed by atoms with Crippen LogP contribution in [-0.2, 0) is 14.8 Å². The number of amides is 1. The number of benzene rings is 2. The van der Waals surface area contributed by atoms with Crippen LogP contribution in [0.3, 0.4) is 0 Å². The van der Waals surface area contributed by atoms with Crippen molar-refractivity contribution in [1.82, 2.24) is 9.62 Å². The molecule has 1 saturated heterocycles. The summed E-state index contributed by atoms with van der Waals surface area (Å²) in [6.45, 7) is 2.26. The second-order valence-electron chi connectivity index (χ2n) is 5.87. The molecule has 2 atom stereocenters. The molecule has 0 aliphatic carbocycles. The molecule has 0 saturated carbocycles. The molecule has 1 amide bonds. The van der Waals surface area contributed by atoms with Crippen LogP contribution < -0.4 is 5.32 Å². The largest absolute Gasteiger partial charge is 0.348 e. The Morgan fingerprint density at radius 2 is 1.67 bits per heavy atom. The lowest BCUT2D eigenvalue weighted by Gasteiger charge is -2.38. The second-order valence-corrected chi connectivity index (χ2v) is 7.76. The van der Waals surface area contributed by atoms with Crippen LogP contribution in [0, 0.1) is 0 Å². The zero-order chi connectivity index (χ0) is 17.2. The number of hydrogen-bond donors (Lipinski definition) is 1. The molecule has 1 fully saturated rings. The first-order valence-electron chi connectivity index (χ1n) is 7.92. The molecule has 0 radical (unpaired) electrons. The zero-order valence-electron chi connectivity index (χ0n) is 13.4. The summed E-state index contributed by atoms with van der Waals surface area (Å²) in [5.74, 6) is -0.253. The van der Waals surface area contributed by atoms with Crippen LogP contribution in [0.2, 0.25) is 0 Å². The van der Waals surface area contributed by atoms with E-state index in [1.165, 1.54) is 4.31 Å². The molecule has 1 N–H and O–H groups in total. The Balaban J connectivity index is 1.71. The number of nitrogens with one attached hydrogen (secondary N) is 1. The second kappa shape index (κ2) is 6.75. The number of sulfonamides is 1. The van der Waals surface area contributed by atoms with Gasteiger partial charge in [-0.05, 0) is 31.0 Å². The first kappa shape index (κ1) is 16.7. The van der Waals surface area contributed by atoms with Gasteiger partial charge in [0.05, 0.1) is 10.9 Å². The van der Waals surface area contributed by atoms with Crippen molar-refractivity contribution in [1.29, 1.82) is 0 Å². The number of carbonyl (C=O) groups excluding carboxylic acids is 1. The lowest BCUT2D eigenvalue weighted by atomic mass is 10.0. The van der Waals surface area contributed by atoms with E-state index >= 15 is 0 Å². The van der Waals surface area contributed by atoms with Crippen LogP contribution in [-0.4, -0.2) is 31.2 Å². The lowest BCUT2D eigenvalue weighted by Crippen LogP contribution is -2.58. The van der Waals surface area contributed by atoms with Gasteiger partial charge in [0.2, 0.25) is 15.9 Å². The maximum absolute atomic E-state index is 12.6. The molecule has 1 aliphatic rings. The fourth-order valence-electron chi connectivity index (χ4n) is 2.78. The zero-order valence-corrected chi connectivity index (χ0v) is 14.2. The van der Waals surface area contributed by atoms with E-state index in [9.17, 15) is 13.2 Å². The summed E-state index contributed by atoms with van der Waals surface area (Å²) in [6.07, 6.45) is 0.541. The Kier molecular flexibility index (Phi) is 4.69. The molecule has 24 heavy (non-hydrogen) atoms. The van der Waals surface area contributed by atoms with Gasteiger partial charge in [0, 0.05) is 6.54 Å². The summed E-state index contributed by atoms with van der Waals surface area (Å²) in [7, 11) is -3.62. The van der Waals surface area contributed by atoms with Gasteiger partial charge in [0.25, 0.3) is 0 Å². The molecule has 5 nitrogen and oxygen atoms in total. The molecular formula is C18H20N2O3S. The predicted octanol–water partition coefficient (Wildman–Crippen LogP) is 2.33. The highest BCUT2D eigenvalue weighted by molar-refractivity contribution is 7.89. The van der Waals surface area contributed by atoms with E-state index in [4.69, 9.17) is 0 Å². The Morgan fingerprint density at radius 1 is 1.08 bits per heavy atom. The molecule has 126 valence electrons. The van der Waals surface area contributed by atoms with Crippen molar-refractivity contribution in [2.75, 3.05) is 6.54 Å². The summed E-state index contributed by atoms with van der Waals surface area (Å²) in [4.78, 5) is 12.7. The summed E-state index contributed by atoms with van der Waals surface area (Å²) >= 11 is 0. The summed E-state index contributed by atoms with van der Waals surface area (Å²) in [6, 6.07) is 17.0. The third-order valence-corrected chi connectivity index (χ3v) is 6.20. The number of rotatable bonds is 5. The van der Waals surface area contributed by atoms with Crippen molar-refractivity contribution in [2.45, 2.75) is 30.3 Å². The first-order chi connectivity index (χ1) is 11.5. The lowest BCUT2D eigenvalue weighted by molar-refractivity contribution is -0.128. The highest BCUT2D eigenvalue weighted by atomic mass is 32.2. The van der Waals surface area contributed by atoms with Crippen LogP contribution >= 0.6 is 0 Å². The van der Waals surface area contributed by atoms with Gasteiger partial charge in [0.1, 0.15) is 6.04 Å². The summed E-state index contributed by atoms with van der Waals surface area (Å²) in [5, 5.41) is 2.91. The van der Waals surface area contributed by atoms with E-state index < -0.39 is 16.1 Å². The highest BCUT2D eigenvalue weighted by Gasteiger charge is 2.42. The van der Waals surface area contributed by atoms with Gasteiger partial charge in [0.15, 0.2) is 0 Å². The molecule has 2 aromatic carbocycles. The van der Waals surface area contributed by atoms with Crippen LogP contribution in [0.15, 0.2) is 65.6 Å². The average molecular weight is 344 g/mol. The van der Waals surface area contributed by atoms with Gasteiger partial charge in [-0.1, -0.05) is 48.5 Å². The standard InChI is InChI=1S/C18H20N2O3S/c1-14(15-8-4-2-5-9-15)19-18(21)17-12-13-20(17)24(22,23)16-10-6-3-7-11-16/h2-11,14,17H,12-13H2,1H3,(H,19,21)/t14-,17+/m1/s1. The van der Waals surface area contributed by atoms with Crippen LogP contribution in [0.1, 0.15) is 24.9 Å². The fraction of sp³-hybridized carbons (Fsp3) is 0.278. The van der Waals surface area contributed by atoms with Crippen LogP contribution in [0.25, 0.3) is 0 Å². The summed E-state index contributed by atoms with van der Waals surface area (Å²) in [5.41, 5.74) is 0.989. The predicted molar refractivity (Wildman–Crippen MR) is 91.7 cm³/mol. The average Bonchev–Trinajstić information content (AvgIpc) is 2.55. The smallest absolute Gasteiger partial charge is 0.243 e. The number of nitrogens with zero attached hydrogens (tertiary/aromatic N) is 1. The number of hydrogen-bond acceptors (Lipinski definition) is 3. The molecule has 0 unspecified atom stereocenters. The van der Waals surface area contributed by atoms with Gasteiger partial charge in [-0.2, -0.15) is 4.31 Å². The molecule has 6 heteroatoms. The van der Waals surface area contributed by atoms with Gasteiger partial charge in [-0.15, -0.1) is 0 Å². The molecule has 1 aliphatic heterocycles. The van der Waals surface area contributed by atoms with Crippen LogP contribution in [0.4, 0.5) is 0 Å². The molecule has 2 aromatic rings. The van der Waals surface area contributed by atoms with E-state index in [1.54, 1.807) is 30.3 Å². The molecule has 0 bridgehead atoms. The first-order valence-corrected chi connectivity index (χ1v) is 9.36. The monoisotopic (exact) mass is 344 g/mol. The van der Waals surface area contributed by atoms with Crippen molar-refractivity contribution in [3.63, 3.8) is 0 Å². The van der Waals surface area contributed by atoms with Crippen molar-refractivity contribution in [2.24, 2.45) is 0 Å². The maximum Gasteiger partial charge on any atom is 0.243 e. The van der Waals surface area contributed by atoms with Crippen molar-refractivity contribution >= 4 is 15.9 Å². The molecule has 0 spiro atoms. The summed E-state index contributed by atoms with van der Waals surface area (Å²) < 4.78 is 26.5. The molecular weight excluding hydrogens is 324 g/mol. The van der Waals surface area contributed by atoms with Crippen LogP contribution in [0.5, 0.6) is 0 Å². The quantitative estimate of drug-likeness (QED) is 0.905. The normalized spacial score (nSPS) is 19.3.